The van der Waals surface area contributed by atoms with E-state index in [0.717, 1.165) is 26.2 Å². The monoisotopic (exact) mass is 239 g/mol. The summed E-state index contributed by atoms with van der Waals surface area (Å²) in [7, 11) is 0. The number of phenols is 3. The first-order valence-electron chi connectivity index (χ1n) is 5.69. The van der Waals surface area contributed by atoms with Gasteiger partial charge in [-0.25, -0.2) is 0 Å². The number of hydrogen-bond donors (Lipinski definition) is 4. The second kappa shape index (κ2) is 5.25. The SMILES string of the molecule is Oc1ccc(CNCC2CCOC2)c(O)c1O. The van der Waals surface area contributed by atoms with Gasteiger partial charge in [0.05, 0.1) is 6.61 Å². The van der Waals surface area contributed by atoms with E-state index in [-0.39, 0.29) is 11.5 Å². The third-order valence-corrected chi connectivity index (χ3v) is 2.99. The van der Waals surface area contributed by atoms with Crippen LogP contribution in [0.1, 0.15) is 12.0 Å². The molecule has 1 aliphatic rings. The van der Waals surface area contributed by atoms with Gasteiger partial charge in [0.1, 0.15) is 0 Å². The molecule has 0 aromatic heterocycles. The molecule has 2 rings (SSSR count). The van der Waals surface area contributed by atoms with E-state index in [9.17, 15) is 15.3 Å². The smallest absolute Gasteiger partial charge is 0.200 e. The van der Waals surface area contributed by atoms with E-state index in [1.165, 1.54) is 6.07 Å². The highest BCUT2D eigenvalue weighted by molar-refractivity contribution is 5.52. The number of aromatic hydroxyl groups is 3. The lowest BCUT2D eigenvalue weighted by atomic mass is 10.1. The van der Waals surface area contributed by atoms with Crippen LogP contribution in [0.4, 0.5) is 0 Å². The van der Waals surface area contributed by atoms with Gasteiger partial charge in [-0.3, -0.25) is 0 Å². The lowest BCUT2D eigenvalue weighted by molar-refractivity contribution is 0.185. The van der Waals surface area contributed by atoms with Crippen LogP contribution in [0.5, 0.6) is 17.2 Å². The van der Waals surface area contributed by atoms with E-state index < -0.39 is 5.75 Å². The number of ether oxygens (including phenoxy) is 1. The minimum Gasteiger partial charge on any atom is -0.504 e. The minimum atomic E-state index is -0.464. The fourth-order valence-electron chi connectivity index (χ4n) is 1.91. The molecule has 0 bridgehead atoms. The molecule has 1 unspecified atom stereocenters. The highest BCUT2D eigenvalue weighted by Gasteiger charge is 2.15. The fraction of sp³-hybridized carbons (Fsp3) is 0.500. The van der Waals surface area contributed by atoms with Crippen LogP contribution in [-0.2, 0) is 11.3 Å². The summed E-state index contributed by atoms with van der Waals surface area (Å²) in [6.45, 7) is 2.87. The van der Waals surface area contributed by atoms with Crippen LogP contribution < -0.4 is 5.32 Å². The highest BCUT2D eigenvalue weighted by atomic mass is 16.5. The van der Waals surface area contributed by atoms with Gasteiger partial charge < -0.3 is 25.4 Å². The molecule has 1 fully saturated rings. The molecule has 17 heavy (non-hydrogen) atoms. The van der Waals surface area contributed by atoms with E-state index in [2.05, 4.69) is 5.32 Å². The van der Waals surface area contributed by atoms with Crippen molar-refractivity contribution in [1.29, 1.82) is 0 Å². The van der Waals surface area contributed by atoms with Gasteiger partial charge in [-0.05, 0) is 18.4 Å². The average molecular weight is 239 g/mol. The third-order valence-electron chi connectivity index (χ3n) is 2.99. The molecule has 1 aliphatic heterocycles. The van der Waals surface area contributed by atoms with Crippen molar-refractivity contribution in [1.82, 2.24) is 5.32 Å². The van der Waals surface area contributed by atoms with Gasteiger partial charge >= 0.3 is 0 Å². The van der Waals surface area contributed by atoms with Crippen molar-refractivity contribution in [2.45, 2.75) is 13.0 Å². The lowest BCUT2D eigenvalue weighted by Gasteiger charge is -2.11. The van der Waals surface area contributed by atoms with E-state index in [1.807, 2.05) is 0 Å². The molecule has 0 spiro atoms. The van der Waals surface area contributed by atoms with Crippen molar-refractivity contribution in [3.05, 3.63) is 17.7 Å². The van der Waals surface area contributed by atoms with E-state index >= 15 is 0 Å². The molecule has 1 aromatic carbocycles. The summed E-state index contributed by atoms with van der Waals surface area (Å²) in [5.41, 5.74) is 0.569. The molecule has 4 N–H and O–H groups in total. The molecule has 94 valence electrons. The zero-order chi connectivity index (χ0) is 12.3. The first-order chi connectivity index (χ1) is 8.18. The number of nitrogens with one attached hydrogen (secondary N) is 1. The summed E-state index contributed by atoms with van der Waals surface area (Å²) in [5, 5.41) is 31.3. The molecule has 1 atom stereocenters. The first-order valence-corrected chi connectivity index (χ1v) is 5.69. The quantitative estimate of drug-likeness (QED) is 0.588. The summed E-state index contributed by atoms with van der Waals surface area (Å²) in [5.74, 6) is -0.521. The Morgan fingerprint density at radius 1 is 1.24 bits per heavy atom. The second-order valence-electron chi connectivity index (χ2n) is 4.30. The van der Waals surface area contributed by atoms with Crippen LogP contribution in [0.15, 0.2) is 12.1 Å². The van der Waals surface area contributed by atoms with Crippen LogP contribution in [0.2, 0.25) is 0 Å². The number of rotatable bonds is 4. The number of benzene rings is 1. The second-order valence-corrected chi connectivity index (χ2v) is 4.30. The molecule has 1 aromatic rings. The van der Waals surface area contributed by atoms with Crippen molar-refractivity contribution in [2.75, 3.05) is 19.8 Å². The maximum atomic E-state index is 9.60. The topological polar surface area (TPSA) is 82.0 Å². The van der Waals surface area contributed by atoms with Crippen LogP contribution in [0.25, 0.3) is 0 Å². The molecule has 0 saturated carbocycles. The van der Waals surface area contributed by atoms with E-state index in [0.29, 0.717) is 18.0 Å². The van der Waals surface area contributed by atoms with Gasteiger partial charge in [0.2, 0.25) is 5.75 Å². The van der Waals surface area contributed by atoms with Crippen LogP contribution in [-0.4, -0.2) is 35.1 Å². The molecule has 0 amide bonds. The van der Waals surface area contributed by atoms with Gasteiger partial charge in [-0.1, -0.05) is 6.07 Å². The average Bonchev–Trinajstić information content (AvgIpc) is 2.82. The summed E-state index contributed by atoms with van der Waals surface area (Å²) in [4.78, 5) is 0. The van der Waals surface area contributed by atoms with Crippen molar-refractivity contribution >= 4 is 0 Å². The number of hydrogen-bond acceptors (Lipinski definition) is 5. The summed E-state index contributed by atoms with van der Waals surface area (Å²) < 4.78 is 5.26. The Balaban J connectivity index is 1.88. The zero-order valence-corrected chi connectivity index (χ0v) is 9.52. The molecular weight excluding hydrogens is 222 g/mol. The molecule has 1 saturated heterocycles. The summed E-state index contributed by atoms with van der Waals surface area (Å²) in [6.07, 6.45) is 1.06. The Labute approximate surface area is 99.7 Å². The molecule has 5 heteroatoms. The molecular formula is C12H17NO4. The van der Waals surface area contributed by atoms with E-state index in [1.54, 1.807) is 6.07 Å². The van der Waals surface area contributed by atoms with Gasteiger partial charge in [0.25, 0.3) is 0 Å². The van der Waals surface area contributed by atoms with Crippen LogP contribution in [0, 0.1) is 5.92 Å². The van der Waals surface area contributed by atoms with E-state index in [4.69, 9.17) is 4.74 Å². The molecule has 0 aliphatic carbocycles. The normalized spacial score (nSPS) is 19.6. The Morgan fingerprint density at radius 3 is 2.76 bits per heavy atom. The summed E-state index contributed by atoms with van der Waals surface area (Å²) in [6, 6.07) is 2.95. The largest absolute Gasteiger partial charge is 0.504 e. The Morgan fingerprint density at radius 2 is 2.06 bits per heavy atom. The predicted octanol–water partition coefficient (Wildman–Crippen LogP) is 0.929. The molecule has 0 radical (unpaired) electrons. The van der Waals surface area contributed by atoms with Crippen molar-refractivity contribution in [3.63, 3.8) is 0 Å². The third kappa shape index (κ3) is 2.81. The number of phenolic OH excluding ortho intramolecular Hbond substituents is 3. The maximum absolute atomic E-state index is 9.60. The Hall–Kier alpha value is -1.46. The van der Waals surface area contributed by atoms with Gasteiger partial charge in [-0.15, -0.1) is 0 Å². The van der Waals surface area contributed by atoms with Gasteiger partial charge in [0.15, 0.2) is 11.5 Å². The van der Waals surface area contributed by atoms with Gasteiger partial charge in [-0.2, -0.15) is 0 Å². The van der Waals surface area contributed by atoms with Crippen LogP contribution in [0.3, 0.4) is 0 Å². The van der Waals surface area contributed by atoms with Gasteiger partial charge in [0, 0.05) is 25.3 Å². The predicted molar refractivity (Wildman–Crippen MR) is 62.1 cm³/mol. The molecule has 5 nitrogen and oxygen atoms in total. The Kier molecular flexibility index (Phi) is 3.71. The summed E-state index contributed by atoms with van der Waals surface area (Å²) >= 11 is 0. The Bertz CT molecular complexity index is 388. The maximum Gasteiger partial charge on any atom is 0.200 e. The van der Waals surface area contributed by atoms with Crippen molar-refractivity contribution < 1.29 is 20.1 Å². The van der Waals surface area contributed by atoms with Crippen molar-refractivity contribution in [3.8, 4) is 17.2 Å². The lowest BCUT2D eigenvalue weighted by Crippen LogP contribution is -2.22. The first kappa shape index (κ1) is 12.0. The fourth-order valence-corrected chi connectivity index (χ4v) is 1.91. The standard InChI is InChI=1S/C12H17NO4/c14-10-2-1-9(11(15)12(10)16)6-13-5-8-3-4-17-7-8/h1-2,8,13-16H,3-7H2. The minimum absolute atomic E-state index is 0.264. The molecule has 1 heterocycles. The highest BCUT2D eigenvalue weighted by Crippen LogP contribution is 2.36. The van der Waals surface area contributed by atoms with Crippen LogP contribution >= 0.6 is 0 Å². The van der Waals surface area contributed by atoms with Crippen molar-refractivity contribution in [2.24, 2.45) is 5.92 Å². The zero-order valence-electron chi connectivity index (χ0n) is 9.52.